The molecule has 27 heavy (non-hydrogen) atoms. The summed E-state index contributed by atoms with van der Waals surface area (Å²) in [5.41, 5.74) is -0.253. The van der Waals surface area contributed by atoms with Crippen molar-refractivity contribution in [2.75, 3.05) is 36.0 Å². The summed E-state index contributed by atoms with van der Waals surface area (Å²) in [5, 5.41) is 9.69. The molecule has 0 saturated carbocycles. The lowest BCUT2D eigenvalue weighted by molar-refractivity contribution is -0.137. The normalized spacial score (nSPS) is 20.2. The number of carboxylic acid groups (broad SMARTS) is 1. The fraction of sp³-hybridized carbons (Fsp3) is 0.650. The van der Waals surface area contributed by atoms with Gasteiger partial charge in [0, 0.05) is 26.2 Å². The predicted molar refractivity (Wildman–Crippen MR) is 99.6 cm³/mol. The highest BCUT2D eigenvalue weighted by Gasteiger charge is 2.36. The van der Waals surface area contributed by atoms with Gasteiger partial charge in [0.2, 0.25) is 0 Å². The molecule has 0 aliphatic carbocycles. The number of carbonyl (C=O) groups is 1. The van der Waals surface area contributed by atoms with Crippen LogP contribution >= 0.6 is 0 Å². The lowest BCUT2D eigenvalue weighted by atomic mass is 9.95. The molecule has 1 N–H and O–H groups in total. The van der Waals surface area contributed by atoms with Gasteiger partial charge in [0.25, 0.3) is 0 Å². The van der Waals surface area contributed by atoms with Crippen LogP contribution in [-0.4, -0.2) is 37.3 Å². The maximum Gasteiger partial charge on any atom is 0.416 e. The van der Waals surface area contributed by atoms with Gasteiger partial charge in [0.05, 0.1) is 22.5 Å². The van der Waals surface area contributed by atoms with Crippen molar-refractivity contribution in [2.24, 2.45) is 11.8 Å². The summed E-state index contributed by atoms with van der Waals surface area (Å²) < 4.78 is 40.3. The molecule has 3 rings (SSSR count). The van der Waals surface area contributed by atoms with Crippen LogP contribution in [0.15, 0.2) is 12.1 Å². The molecule has 0 amide bonds. The summed E-state index contributed by atoms with van der Waals surface area (Å²) in [7, 11) is 0. The number of alkyl halides is 3. The molecule has 150 valence electrons. The lowest BCUT2D eigenvalue weighted by Crippen LogP contribution is -2.38. The Bertz CT molecular complexity index is 689. The average molecular weight is 384 g/mol. The Morgan fingerprint density at radius 2 is 1.44 bits per heavy atom. The highest BCUT2D eigenvalue weighted by atomic mass is 19.4. The van der Waals surface area contributed by atoms with Gasteiger partial charge in [-0.1, -0.05) is 13.8 Å². The SMILES string of the molecule is CC1CCN(c2cc(C(F)(F)F)cc(C(=O)O)c2N2CCC(C)CC2)CC1. The standard InChI is InChI=1S/C20H27F3N2O2/c1-13-3-7-24(8-4-13)17-12-15(20(21,22)23)11-16(19(26)27)18(17)25-9-5-14(2)6-10-25/h11-14H,3-10H2,1-2H3,(H,26,27). The number of hydrogen-bond donors (Lipinski definition) is 1. The Balaban J connectivity index is 2.11. The maximum atomic E-state index is 13.4. The van der Waals surface area contributed by atoms with Crippen molar-refractivity contribution < 1.29 is 23.1 Å². The van der Waals surface area contributed by atoms with E-state index in [1.54, 1.807) is 0 Å². The second-order valence-electron chi connectivity index (χ2n) is 8.03. The van der Waals surface area contributed by atoms with Crippen molar-refractivity contribution in [2.45, 2.75) is 45.7 Å². The van der Waals surface area contributed by atoms with Crippen molar-refractivity contribution in [3.63, 3.8) is 0 Å². The fourth-order valence-electron chi connectivity index (χ4n) is 4.00. The van der Waals surface area contributed by atoms with Crippen LogP contribution in [0.4, 0.5) is 24.5 Å². The molecule has 1 aromatic carbocycles. The van der Waals surface area contributed by atoms with Crippen molar-refractivity contribution >= 4 is 17.3 Å². The summed E-state index contributed by atoms with van der Waals surface area (Å²) in [5.74, 6) is -0.227. The first-order chi connectivity index (χ1) is 12.7. The third-order valence-electron chi connectivity index (χ3n) is 5.87. The van der Waals surface area contributed by atoms with Crippen molar-refractivity contribution in [3.05, 3.63) is 23.3 Å². The topological polar surface area (TPSA) is 43.8 Å². The highest BCUT2D eigenvalue weighted by Crippen LogP contribution is 2.42. The van der Waals surface area contributed by atoms with E-state index in [0.29, 0.717) is 49.4 Å². The molecule has 0 aromatic heterocycles. The van der Waals surface area contributed by atoms with E-state index < -0.39 is 17.7 Å². The second kappa shape index (κ2) is 7.60. The number of nitrogens with zero attached hydrogens (tertiary/aromatic N) is 2. The van der Waals surface area contributed by atoms with Crippen LogP contribution in [0.3, 0.4) is 0 Å². The highest BCUT2D eigenvalue weighted by molar-refractivity contribution is 5.99. The Labute approximate surface area is 158 Å². The van der Waals surface area contributed by atoms with Gasteiger partial charge in [-0.05, 0) is 49.7 Å². The number of benzene rings is 1. The van der Waals surface area contributed by atoms with E-state index in [2.05, 4.69) is 13.8 Å². The van der Waals surface area contributed by atoms with E-state index in [1.165, 1.54) is 0 Å². The molecule has 0 atom stereocenters. The zero-order valence-corrected chi connectivity index (χ0v) is 15.9. The molecule has 1 aromatic rings. The molecule has 0 bridgehead atoms. The van der Waals surface area contributed by atoms with Crippen LogP contribution in [0.2, 0.25) is 0 Å². The van der Waals surface area contributed by atoms with Crippen molar-refractivity contribution in [3.8, 4) is 0 Å². The Morgan fingerprint density at radius 1 is 0.963 bits per heavy atom. The molecular formula is C20H27F3N2O2. The number of rotatable bonds is 3. The van der Waals surface area contributed by atoms with Gasteiger partial charge < -0.3 is 14.9 Å². The number of carboxylic acids is 1. The zero-order valence-electron chi connectivity index (χ0n) is 15.9. The second-order valence-corrected chi connectivity index (χ2v) is 8.03. The molecule has 2 aliphatic rings. The van der Waals surface area contributed by atoms with Crippen LogP contribution < -0.4 is 9.80 Å². The molecule has 2 aliphatic heterocycles. The first-order valence-electron chi connectivity index (χ1n) is 9.65. The van der Waals surface area contributed by atoms with Crippen molar-refractivity contribution in [1.29, 1.82) is 0 Å². The molecule has 0 spiro atoms. The van der Waals surface area contributed by atoms with Gasteiger partial charge >= 0.3 is 12.1 Å². The summed E-state index contributed by atoms with van der Waals surface area (Å²) in [6.07, 6.45) is -0.950. The summed E-state index contributed by atoms with van der Waals surface area (Å²) >= 11 is 0. The molecule has 0 radical (unpaired) electrons. The number of anilines is 2. The Morgan fingerprint density at radius 3 is 1.89 bits per heavy atom. The van der Waals surface area contributed by atoms with Gasteiger partial charge in [-0.2, -0.15) is 13.2 Å². The van der Waals surface area contributed by atoms with E-state index in [0.717, 1.165) is 37.8 Å². The molecule has 0 unspecified atom stereocenters. The number of hydrogen-bond acceptors (Lipinski definition) is 3. The third-order valence-corrected chi connectivity index (χ3v) is 5.87. The first kappa shape index (κ1) is 19.8. The number of aromatic carboxylic acids is 1. The summed E-state index contributed by atoms with van der Waals surface area (Å²) in [4.78, 5) is 15.8. The molecule has 4 nitrogen and oxygen atoms in total. The van der Waals surface area contributed by atoms with E-state index >= 15 is 0 Å². The van der Waals surface area contributed by atoms with Gasteiger partial charge in [-0.25, -0.2) is 4.79 Å². The van der Waals surface area contributed by atoms with Crippen LogP contribution in [0, 0.1) is 11.8 Å². The van der Waals surface area contributed by atoms with Gasteiger partial charge in [0.1, 0.15) is 0 Å². The minimum Gasteiger partial charge on any atom is -0.478 e. The number of halogens is 3. The Kier molecular flexibility index (Phi) is 5.58. The van der Waals surface area contributed by atoms with Gasteiger partial charge in [0.15, 0.2) is 0 Å². The van der Waals surface area contributed by atoms with E-state index in [4.69, 9.17) is 0 Å². The minimum atomic E-state index is -4.57. The fourth-order valence-corrected chi connectivity index (χ4v) is 4.00. The molecule has 2 heterocycles. The van der Waals surface area contributed by atoms with Crippen LogP contribution in [0.5, 0.6) is 0 Å². The minimum absolute atomic E-state index is 0.243. The lowest BCUT2D eigenvalue weighted by Gasteiger charge is -2.39. The largest absolute Gasteiger partial charge is 0.478 e. The van der Waals surface area contributed by atoms with Crippen LogP contribution in [0.1, 0.15) is 55.5 Å². The smallest absolute Gasteiger partial charge is 0.416 e. The summed E-state index contributed by atoms with van der Waals surface area (Å²) in [6.45, 7) is 6.93. The van der Waals surface area contributed by atoms with Crippen molar-refractivity contribution in [1.82, 2.24) is 0 Å². The monoisotopic (exact) mass is 384 g/mol. The molecular weight excluding hydrogens is 357 g/mol. The van der Waals surface area contributed by atoms with Gasteiger partial charge in [-0.3, -0.25) is 0 Å². The third kappa shape index (κ3) is 4.33. The molecule has 7 heteroatoms. The zero-order chi connectivity index (χ0) is 19.8. The average Bonchev–Trinajstić information content (AvgIpc) is 2.61. The summed E-state index contributed by atoms with van der Waals surface area (Å²) in [6, 6.07) is 1.95. The number of piperidine rings is 2. The predicted octanol–water partition coefficient (Wildman–Crippen LogP) is 4.88. The first-order valence-corrected chi connectivity index (χ1v) is 9.65. The van der Waals surface area contributed by atoms with E-state index in [-0.39, 0.29) is 5.56 Å². The quantitative estimate of drug-likeness (QED) is 0.807. The van der Waals surface area contributed by atoms with E-state index in [9.17, 15) is 23.1 Å². The van der Waals surface area contributed by atoms with Crippen LogP contribution in [-0.2, 0) is 6.18 Å². The molecule has 2 saturated heterocycles. The van der Waals surface area contributed by atoms with E-state index in [1.807, 2.05) is 9.80 Å². The van der Waals surface area contributed by atoms with Gasteiger partial charge in [-0.15, -0.1) is 0 Å². The van der Waals surface area contributed by atoms with Crippen LogP contribution in [0.25, 0.3) is 0 Å². The molecule has 2 fully saturated rings. The Hall–Kier alpha value is -1.92. The maximum absolute atomic E-state index is 13.4.